The lowest BCUT2D eigenvalue weighted by Gasteiger charge is -2.12. The van der Waals surface area contributed by atoms with Crippen molar-refractivity contribution < 1.29 is 14.3 Å². The van der Waals surface area contributed by atoms with Crippen molar-refractivity contribution in [2.24, 2.45) is 5.11 Å². The summed E-state index contributed by atoms with van der Waals surface area (Å²) in [5, 5.41) is 3.32. The average molecular weight is 261 g/mol. The highest BCUT2D eigenvalue weighted by Gasteiger charge is 2.10. The molecule has 0 saturated heterocycles. The number of rotatable bonds is 5. The van der Waals surface area contributed by atoms with Gasteiger partial charge in [-0.25, -0.2) is 4.79 Å². The largest absolute Gasteiger partial charge is 0.490 e. The topological polar surface area (TPSA) is 84.3 Å². The first-order valence-corrected chi connectivity index (χ1v) is 5.69. The third-order valence-electron chi connectivity index (χ3n) is 2.12. The molecule has 1 rings (SSSR count). The highest BCUT2D eigenvalue weighted by atomic mass is 16.5. The molecule has 0 atom stereocenters. The molecule has 6 heteroatoms. The van der Waals surface area contributed by atoms with Crippen LogP contribution in [0.25, 0.3) is 16.5 Å². The molecule has 0 radical (unpaired) electrons. The third kappa shape index (κ3) is 4.37. The number of azide groups is 1. The fourth-order valence-corrected chi connectivity index (χ4v) is 1.39. The summed E-state index contributed by atoms with van der Waals surface area (Å²) in [5.41, 5.74) is 8.97. The minimum absolute atomic E-state index is 0.00408. The van der Waals surface area contributed by atoms with Crippen molar-refractivity contribution in [2.45, 2.75) is 20.0 Å². The number of nitrogens with zero attached hydrogens (tertiary/aromatic N) is 3. The number of benzene rings is 1. The van der Waals surface area contributed by atoms with Gasteiger partial charge in [0.1, 0.15) is 11.4 Å². The predicted octanol–water partition coefficient (Wildman–Crippen LogP) is 3.30. The average Bonchev–Trinajstić information content (AvgIpc) is 2.39. The van der Waals surface area contributed by atoms with Crippen molar-refractivity contribution in [1.29, 1.82) is 0 Å². The normalized spacial score (nSPS) is 10.8. The van der Waals surface area contributed by atoms with E-state index in [0.29, 0.717) is 11.3 Å². The number of carbonyl (C=O) groups is 1. The summed E-state index contributed by atoms with van der Waals surface area (Å²) in [4.78, 5) is 14.1. The second-order valence-corrected chi connectivity index (χ2v) is 3.92. The summed E-state index contributed by atoms with van der Waals surface area (Å²) < 4.78 is 10.2. The van der Waals surface area contributed by atoms with Crippen molar-refractivity contribution in [3.05, 3.63) is 46.0 Å². The van der Waals surface area contributed by atoms with Crippen LogP contribution in [-0.4, -0.2) is 19.2 Å². The molecular formula is C13H15N3O3. The molecule has 0 bridgehead atoms. The maximum Gasteiger partial charge on any atom is 0.340 e. The maximum atomic E-state index is 11.4. The van der Waals surface area contributed by atoms with E-state index in [0.717, 1.165) is 0 Å². The monoisotopic (exact) mass is 261 g/mol. The molecule has 0 amide bonds. The Balaban J connectivity index is 3.20. The van der Waals surface area contributed by atoms with Gasteiger partial charge in [0.2, 0.25) is 0 Å². The van der Waals surface area contributed by atoms with Crippen LogP contribution in [0.3, 0.4) is 0 Å². The van der Waals surface area contributed by atoms with Crippen molar-refractivity contribution in [1.82, 2.24) is 0 Å². The van der Waals surface area contributed by atoms with Gasteiger partial charge < -0.3 is 9.47 Å². The quantitative estimate of drug-likeness (QED) is 0.268. The van der Waals surface area contributed by atoms with Crippen LogP contribution in [0.1, 0.15) is 19.4 Å². The van der Waals surface area contributed by atoms with Gasteiger partial charge in [0.15, 0.2) is 0 Å². The van der Waals surface area contributed by atoms with E-state index in [1.54, 1.807) is 18.2 Å². The smallest absolute Gasteiger partial charge is 0.340 e. The Morgan fingerprint density at radius 3 is 2.68 bits per heavy atom. The number of ether oxygens (including phenoxy) is 2. The summed E-state index contributed by atoms with van der Waals surface area (Å²) in [6.07, 6.45) is 1.43. The molecular weight excluding hydrogens is 246 g/mol. The number of para-hydroxylation sites is 1. The van der Waals surface area contributed by atoms with Crippen molar-refractivity contribution >= 4 is 12.0 Å². The molecule has 0 aromatic heterocycles. The minimum atomic E-state index is -0.697. The summed E-state index contributed by atoms with van der Waals surface area (Å²) in [6.45, 7) is 3.80. The van der Waals surface area contributed by atoms with Gasteiger partial charge in [-0.1, -0.05) is 23.3 Å². The Labute approximate surface area is 111 Å². The van der Waals surface area contributed by atoms with Gasteiger partial charge in [0, 0.05) is 10.5 Å². The Hall–Kier alpha value is -2.46. The summed E-state index contributed by atoms with van der Waals surface area (Å²) >= 11 is 0. The van der Waals surface area contributed by atoms with Crippen molar-refractivity contribution in [2.75, 3.05) is 7.11 Å². The molecule has 0 aliphatic rings. The van der Waals surface area contributed by atoms with E-state index < -0.39 is 5.97 Å². The van der Waals surface area contributed by atoms with Crippen LogP contribution in [0.2, 0.25) is 0 Å². The summed E-state index contributed by atoms with van der Waals surface area (Å²) in [7, 11) is 1.22. The minimum Gasteiger partial charge on any atom is -0.490 e. The molecule has 100 valence electrons. The zero-order chi connectivity index (χ0) is 14.3. The first-order valence-electron chi connectivity index (χ1n) is 5.69. The fraction of sp³-hybridized carbons (Fsp3) is 0.308. The zero-order valence-electron chi connectivity index (χ0n) is 11.0. The third-order valence-corrected chi connectivity index (χ3v) is 2.12. The lowest BCUT2D eigenvalue weighted by molar-refractivity contribution is -0.136. The van der Waals surface area contributed by atoms with E-state index in [4.69, 9.17) is 10.3 Å². The second kappa shape index (κ2) is 7.08. The van der Waals surface area contributed by atoms with E-state index in [1.807, 2.05) is 19.9 Å². The van der Waals surface area contributed by atoms with Crippen LogP contribution in [0.4, 0.5) is 0 Å². The van der Waals surface area contributed by atoms with Gasteiger partial charge >= 0.3 is 5.97 Å². The van der Waals surface area contributed by atoms with Crippen LogP contribution < -0.4 is 4.74 Å². The van der Waals surface area contributed by atoms with Gasteiger partial charge in [-0.05, 0) is 31.5 Å². The molecule has 19 heavy (non-hydrogen) atoms. The first-order chi connectivity index (χ1) is 9.08. The summed E-state index contributed by atoms with van der Waals surface area (Å²) in [5.74, 6) is -0.0933. The van der Waals surface area contributed by atoms with Crippen LogP contribution in [0.15, 0.2) is 35.1 Å². The Kier molecular flexibility index (Phi) is 5.44. The number of hydrogen-bond donors (Lipinski definition) is 0. The van der Waals surface area contributed by atoms with E-state index >= 15 is 0 Å². The molecule has 6 nitrogen and oxygen atoms in total. The van der Waals surface area contributed by atoms with Gasteiger partial charge in [-0.3, -0.25) is 0 Å². The molecule has 0 spiro atoms. The van der Waals surface area contributed by atoms with Crippen molar-refractivity contribution in [3.8, 4) is 5.75 Å². The van der Waals surface area contributed by atoms with Crippen LogP contribution >= 0.6 is 0 Å². The van der Waals surface area contributed by atoms with Crippen molar-refractivity contribution in [3.63, 3.8) is 0 Å². The predicted molar refractivity (Wildman–Crippen MR) is 71.3 cm³/mol. The summed E-state index contributed by atoms with van der Waals surface area (Å²) in [6, 6.07) is 7.15. The van der Waals surface area contributed by atoms with E-state index in [9.17, 15) is 4.79 Å². The van der Waals surface area contributed by atoms with E-state index in [2.05, 4.69) is 14.8 Å². The molecule has 0 aliphatic heterocycles. The van der Waals surface area contributed by atoms with Crippen LogP contribution in [0.5, 0.6) is 5.75 Å². The highest BCUT2D eigenvalue weighted by molar-refractivity contribution is 5.93. The lowest BCUT2D eigenvalue weighted by atomic mass is 10.1. The standard InChI is InChI=1S/C13H15N3O3/c1-9(2)19-12-7-5-4-6-10(12)8-11(15-16-14)13(17)18-3/h4-9H,1-3H3/b11-8-. The second-order valence-electron chi connectivity index (χ2n) is 3.92. The molecule has 0 saturated carbocycles. The van der Waals surface area contributed by atoms with E-state index in [1.165, 1.54) is 13.2 Å². The molecule has 0 unspecified atom stereocenters. The van der Waals surface area contributed by atoms with Gasteiger partial charge in [0.25, 0.3) is 0 Å². The van der Waals surface area contributed by atoms with Crippen LogP contribution in [-0.2, 0) is 9.53 Å². The molecule has 1 aromatic rings. The lowest BCUT2D eigenvalue weighted by Crippen LogP contribution is -2.07. The SMILES string of the molecule is COC(=O)/C(=C/c1ccccc1OC(C)C)N=[N+]=[N-]. The molecule has 1 aromatic carbocycles. The number of hydrogen-bond acceptors (Lipinski definition) is 4. The molecule has 0 N–H and O–H groups in total. The zero-order valence-corrected chi connectivity index (χ0v) is 11.0. The van der Waals surface area contributed by atoms with Gasteiger partial charge in [-0.2, -0.15) is 0 Å². The van der Waals surface area contributed by atoms with Gasteiger partial charge in [0.05, 0.1) is 13.2 Å². The number of esters is 1. The number of carbonyl (C=O) groups excluding carboxylic acids is 1. The van der Waals surface area contributed by atoms with Crippen LogP contribution in [0, 0.1) is 0 Å². The highest BCUT2D eigenvalue weighted by Crippen LogP contribution is 2.22. The first kappa shape index (κ1) is 14.6. The van der Waals surface area contributed by atoms with Gasteiger partial charge in [-0.15, -0.1) is 0 Å². The number of methoxy groups -OCH3 is 1. The molecule has 0 aliphatic carbocycles. The van der Waals surface area contributed by atoms with E-state index in [-0.39, 0.29) is 11.8 Å². The Bertz CT molecular complexity index is 532. The maximum absolute atomic E-state index is 11.4. The Morgan fingerprint density at radius 2 is 2.11 bits per heavy atom. The molecule has 0 heterocycles. The fourth-order valence-electron chi connectivity index (χ4n) is 1.39. The Morgan fingerprint density at radius 1 is 1.42 bits per heavy atom. The molecule has 0 fully saturated rings.